The normalized spacial score (nSPS) is 14.3. The first kappa shape index (κ1) is 14.7. The number of hydrogen-bond donors (Lipinski definition) is 1. The highest BCUT2D eigenvalue weighted by Gasteiger charge is 2.30. The molecule has 6 nitrogen and oxygen atoms in total. The molecule has 1 aromatic rings. The van der Waals surface area contributed by atoms with Crippen molar-refractivity contribution in [3.8, 4) is 0 Å². The predicted octanol–water partition coefficient (Wildman–Crippen LogP) is 1.76. The number of aryl methyl sites for hydroxylation is 1. The average Bonchev–Trinajstić information content (AvgIpc) is 2.70. The van der Waals surface area contributed by atoms with Crippen LogP contribution in [-0.4, -0.2) is 33.6 Å². The van der Waals surface area contributed by atoms with Crippen molar-refractivity contribution in [3.05, 3.63) is 22.8 Å². The van der Waals surface area contributed by atoms with Gasteiger partial charge in [-0.3, -0.25) is 4.90 Å². The fraction of sp³-hybridized carbons (Fsp3) is 0.643. The molecule has 0 unspecified atom stereocenters. The summed E-state index contributed by atoms with van der Waals surface area (Å²) in [5, 5.41) is 3.10. The van der Waals surface area contributed by atoms with Crippen LogP contribution < -0.4 is 5.32 Å². The van der Waals surface area contributed by atoms with Gasteiger partial charge >= 0.3 is 6.09 Å². The maximum atomic E-state index is 12.1. The zero-order valence-corrected chi connectivity index (χ0v) is 12.8. The highest BCUT2D eigenvalue weighted by Crippen LogP contribution is 2.25. The van der Waals surface area contributed by atoms with Crippen LogP contribution >= 0.6 is 0 Å². The number of fused-ring (bicyclic) bond motifs is 1. The minimum atomic E-state index is -0.485. The summed E-state index contributed by atoms with van der Waals surface area (Å²) in [6.07, 6.45) is -0.302. The van der Waals surface area contributed by atoms with E-state index in [1.54, 1.807) is 4.90 Å². The molecule has 0 fully saturated rings. The van der Waals surface area contributed by atoms with E-state index in [-0.39, 0.29) is 6.09 Å². The number of nitrogens with one attached hydrogen (secondary N) is 1. The lowest BCUT2D eigenvalue weighted by molar-refractivity contribution is 0.0240. The third kappa shape index (κ3) is 3.25. The summed E-state index contributed by atoms with van der Waals surface area (Å²) in [6, 6.07) is 0. The monoisotopic (exact) mass is 278 g/mol. The Labute approximate surface area is 119 Å². The van der Waals surface area contributed by atoms with Crippen LogP contribution in [0.15, 0.2) is 0 Å². The van der Waals surface area contributed by atoms with E-state index < -0.39 is 5.60 Å². The van der Waals surface area contributed by atoms with E-state index in [9.17, 15) is 4.79 Å². The van der Waals surface area contributed by atoms with Crippen LogP contribution in [0.2, 0.25) is 0 Å². The largest absolute Gasteiger partial charge is 0.444 e. The fourth-order valence-corrected chi connectivity index (χ4v) is 2.23. The predicted molar refractivity (Wildman–Crippen MR) is 75.0 cm³/mol. The summed E-state index contributed by atoms with van der Waals surface area (Å²) in [4.78, 5) is 22.7. The van der Waals surface area contributed by atoms with E-state index in [1.165, 1.54) is 0 Å². The van der Waals surface area contributed by atoms with Gasteiger partial charge in [0.05, 0.1) is 24.5 Å². The zero-order chi connectivity index (χ0) is 14.9. The maximum Gasteiger partial charge on any atom is 0.410 e. The number of carbonyl (C=O) groups is 1. The highest BCUT2D eigenvalue weighted by atomic mass is 16.6. The molecule has 0 aromatic carbocycles. The SMILES string of the molecule is CNCc1nc(C)nc2c1CN(C(=O)OC(C)(C)C)C2. The Morgan fingerprint density at radius 3 is 2.65 bits per heavy atom. The van der Waals surface area contributed by atoms with E-state index in [0.717, 1.165) is 22.8 Å². The molecule has 1 aliphatic heterocycles. The standard InChI is InChI=1S/C14H22N4O2/c1-9-16-11(6-15-5)10-7-18(8-12(10)17-9)13(19)20-14(2,3)4/h15H,6-8H2,1-5H3. The zero-order valence-electron chi connectivity index (χ0n) is 12.8. The Kier molecular flexibility index (Phi) is 3.94. The van der Waals surface area contributed by atoms with Gasteiger partial charge in [-0.05, 0) is 34.7 Å². The third-order valence-electron chi connectivity index (χ3n) is 2.98. The van der Waals surface area contributed by atoms with Gasteiger partial charge in [0.15, 0.2) is 0 Å². The molecule has 20 heavy (non-hydrogen) atoms. The number of rotatable bonds is 2. The lowest BCUT2D eigenvalue weighted by Gasteiger charge is -2.24. The molecule has 0 spiro atoms. The molecule has 6 heteroatoms. The van der Waals surface area contributed by atoms with Gasteiger partial charge in [-0.15, -0.1) is 0 Å². The van der Waals surface area contributed by atoms with Crippen molar-refractivity contribution < 1.29 is 9.53 Å². The molecule has 1 amide bonds. The first-order valence-corrected chi connectivity index (χ1v) is 6.78. The van der Waals surface area contributed by atoms with Crippen LogP contribution in [0, 0.1) is 6.92 Å². The van der Waals surface area contributed by atoms with Gasteiger partial charge in [0.1, 0.15) is 11.4 Å². The van der Waals surface area contributed by atoms with Crippen LogP contribution in [0.4, 0.5) is 4.79 Å². The quantitative estimate of drug-likeness (QED) is 0.892. The summed E-state index contributed by atoms with van der Waals surface area (Å²) >= 11 is 0. The van der Waals surface area contributed by atoms with Crippen molar-refractivity contribution in [2.75, 3.05) is 7.05 Å². The van der Waals surface area contributed by atoms with Crippen molar-refractivity contribution in [1.29, 1.82) is 0 Å². The number of nitrogens with zero attached hydrogens (tertiary/aromatic N) is 3. The molecular weight excluding hydrogens is 256 g/mol. The number of ether oxygens (including phenoxy) is 1. The van der Waals surface area contributed by atoms with Gasteiger partial charge in [-0.25, -0.2) is 14.8 Å². The van der Waals surface area contributed by atoms with Gasteiger partial charge in [0, 0.05) is 12.1 Å². The van der Waals surface area contributed by atoms with E-state index in [4.69, 9.17) is 4.74 Å². The first-order valence-electron chi connectivity index (χ1n) is 6.78. The molecular formula is C14H22N4O2. The molecule has 2 rings (SSSR count). The number of hydrogen-bond acceptors (Lipinski definition) is 5. The van der Waals surface area contributed by atoms with Gasteiger partial charge in [-0.1, -0.05) is 0 Å². The van der Waals surface area contributed by atoms with E-state index >= 15 is 0 Å². The molecule has 1 aliphatic rings. The average molecular weight is 278 g/mol. The van der Waals surface area contributed by atoms with E-state index in [2.05, 4.69) is 15.3 Å². The van der Waals surface area contributed by atoms with Gasteiger partial charge < -0.3 is 10.1 Å². The van der Waals surface area contributed by atoms with Gasteiger partial charge in [0.2, 0.25) is 0 Å². The number of carbonyl (C=O) groups excluding carboxylic acids is 1. The number of aromatic nitrogens is 2. The third-order valence-corrected chi connectivity index (χ3v) is 2.98. The van der Waals surface area contributed by atoms with Crippen molar-refractivity contribution >= 4 is 6.09 Å². The smallest absolute Gasteiger partial charge is 0.410 e. The second-order valence-corrected chi connectivity index (χ2v) is 6.01. The molecule has 0 radical (unpaired) electrons. The lowest BCUT2D eigenvalue weighted by atomic mass is 10.2. The molecule has 0 saturated heterocycles. The molecule has 110 valence electrons. The summed E-state index contributed by atoms with van der Waals surface area (Å²) < 4.78 is 5.41. The molecule has 0 aliphatic carbocycles. The molecule has 2 heterocycles. The summed E-state index contributed by atoms with van der Waals surface area (Å²) in [6.45, 7) is 9.15. The molecule has 1 aromatic heterocycles. The minimum Gasteiger partial charge on any atom is -0.444 e. The van der Waals surface area contributed by atoms with Crippen LogP contribution in [0.1, 0.15) is 43.5 Å². The molecule has 0 atom stereocenters. The Hall–Kier alpha value is -1.69. The Bertz CT molecular complexity index is 523. The van der Waals surface area contributed by atoms with Crippen molar-refractivity contribution in [3.63, 3.8) is 0 Å². The molecule has 1 N–H and O–H groups in total. The fourth-order valence-electron chi connectivity index (χ4n) is 2.23. The van der Waals surface area contributed by atoms with Crippen LogP contribution in [0.3, 0.4) is 0 Å². The van der Waals surface area contributed by atoms with E-state index in [1.807, 2.05) is 34.7 Å². The Balaban J connectivity index is 2.18. The Morgan fingerprint density at radius 1 is 1.35 bits per heavy atom. The minimum absolute atomic E-state index is 0.302. The molecule has 0 saturated carbocycles. The van der Waals surface area contributed by atoms with Crippen molar-refractivity contribution in [2.45, 2.75) is 52.9 Å². The maximum absolute atomic E-state index is 12.1. The van der Waals surface area contributed by atoms with Crippen LogP contribution in [0.25, 0.3) is 0 Å². The van der Waals surface area contributed by atoms with Crippen LogP contribution in [0.5, 0.6) is 0 Å². The van der Waals surface area contributed by atoms with Crippen molar-refractivity contribution in [1.82, 2.24) is 20.2 Å². The van der Waals surface area contributed by atoms with E-state index in [0.29, 0.717) is 19.6 Å². The lowest BCUT2D eigenvalue weighted by Crippen LogP contribution is -2.33. The highest BCUT2D eigenvalue weighted by molar-refractivity contribution is 5.69. The summed E-state index contributed by atoms with van der Waals surface area (Å²) in [5.74, 6) is 0.736. The van der Waals surface area contributed by atoms with Gasteiger partial charge in [0.25, 0.3) is 0 Å². The van der Waals surface area contributed by atoms with Crippen molar-refractivity contribution in [2.24, 2.45) is 0 Å². The second-order valence-electron chi connectivity index (χ2n) is 6.01. The first-order chi connectivity index (χ1) is 9.30. The Morgan fingerprint density at radius 2 is 2.05 bits per heavy atom. The second kappa shape index (κ2) is 5.36. The van der Waals surface area contributed by atoms with Gasteiger partial charge in [-0.2, -0.15) is 0 Å². The molecule has 0 bridgehead atoms. The summed E-state index contributed by atoms with van der Waals surface area (Å²) in [7, 11) is 1.88. The van der Waals surface area contributed by atoms with Crippen LogP contribution in [-0.2, 0) is 24.4 Å². The summed E-state index contributed by atoms with van der Waals surface area (Å²) in [5.41, 5.74) is 2.44. The topological polar surface area (TPSA) is 67.4 Å². The number of amides is 1.